The van der Waals surface area contributed by atoms with Crippen molar-refractivity contribution < 1.29 is 14.3 Å². The van der Waals surface area contributed by atoms with Gasteiger partial charge in [-0.25, -0.2) is 4.39 Å². The molecule has 1 heterocycles. The molecule has 0 amide bonds. The van der Waals surface area contributed by atoms with Crippen LogP contribution in [0.15, 0.2) is 36.4 Å². The van der Waals surface area contributed by atoms with Crippen LogP contribution >= 0.6 is 11.3 Å². The second-order valence-corrected chi connectivity index (χ2v) is 5.82. The fourth-order valence-corrected chi connectivity index (χ4v) is 2.96. The van der Waals surface area contributed by atoms with Crippen LogP contribution in [0.5, 0.6) is 0 Å². The first kappa shape index (κ1) is 14.7. The van der Waals surface area contributed by atoms with Gasteiger partial charge >= 0.3 is 5.97 Å². The first-order valence-corrected chi connectivity index (χ1v) is 7.11. The number of aliphatic carboxylic acids is 1. The van der Waals surface area contributed by atoms with E-state index in [2.05, 4.69) is 0 Å². The van der Waals surface area contributed by atoms with Crippen molar-refractivity contribution in [2.75, 3.05) is 13.6 Å². The van der Waals surface area contributed by atoms with Crippen LogP contribution in [0, 0.1) is 5.82 Å². The molecule has 0 aliphatic heterocycles. The molecule has 106 valence electrons. The molecule has 0 atom stereocenters. The lowest BCUT2D eigenvalue weighted by Gasteiger charge is -2.13. The average Bonchev–Trinajstić information content (AvgIpc) is 2.85. The summed E-state index contributed by atoms with van der Waals surface area (Å²) in [7, 11) is 1.90. The summed E-state index contributed by atoms with van der Waals surface area (Å²) in [6, 6.07) is 10.5. The number of halogens is 1. The number of hydrogen-bond donors (Lipinski definition) is 1. The second kappa shape index (κ2) is 6.63. The lowest BCUT2D eigenvalue weighted by Crippen LogP contribution is -2.20. The minimum absolute atomic E-state index is 0.146. The van der Waals surface area contributed by atoms with Crippen LogP contribution in [-0.2, 0) is 11.3 Å². The van der Waals surface area contributed by atoms with Crippen LogP contribution in [0.4, 0.5) is 4.39 Å². The van der Waals surface area contributed by atoms with Gasteiger partial charge in [-0.2, -0.15) is 0 Å². The SMILES string of the molecule is CN(CCC(=O)O)Cc1ccc(-c2ccc(F)cc2)s1. The highest BCUT2D eigenvalue weighted by Gasteiger charge is 2.07. The molecule has 0 bridgehead atoms. The Balaban J connectivity index is 1.98. The summed E-state index contributed by atoms with van der Waals surface area (Å²) in [5.41, 5.74) is 0.996. The summed E-state index contributed by atoms with van der Waals surface area (Å²) in [6.07, 6.45) is 0.146. The molecule has 1 aromatic carbocycles. The zero-order chi connectivity index (χ0) is 14.5. The van der Waals surface area contributed by atoms with E-state index in [-0.39, 0.29) is 12.2 Å². The highest BCUT2D eigenvalue weighted by molar-refractivity contribution is 7.15. The van der Waals surface area contributed by atoms with E-state index in [0.29, 0.717) is 6.54 Å². The molecule has 2 rings (SSSR count). The van der Waals surface area contributed by atoms with Crippen molar-refractivity contribution in [1.29, 1.82) is 0 Å². The predicted octanol–water partition coefficient (Wildman–Crippen LogP) is 3.46. The lowest BCUT2D eigenvalue weighted by atomic mass is 10.2. The number of rotatable bonds is 6. The third-order valence-electron chi connectivity index (χ3n) is 2.92. The summed E-state index contributed by atoms with van der Waals surface area (Å²) in [5.74, 6) is -1.02. The minimum Gasteiger partial charge on any atom is -0.481 e. The molecule has 20 heavy (non-hydrogen) atoms. The monoisotopic (exact) mass is 293 g/mol. The maximum atomic E-state index is 12.9. The number of carboxylic acid groups (broad SMARTS) is 1. The van der Waals surface area contributed by atoms with Crippen LogP contribution in [-0.4, -0.2) is 29.6 Å². The molecular weight excluding hydrogens is 277 g/mol. The van der Waals surface area contributed by atoms with Gasteiger partial charge in [0, 0.05) is 22.8 Å². The van der Waals surface area contributed by atoms with Crippen LogP contribution in [0.3, 0.4) is 0 Å². The third kappa shape index (κ3) is 4.15. The second-order valence-electron chi connectivity index (χ2n) is 4.65. The number of nitrogens with zero attached hydrogens (tertiary/aromatic N) is 1. The number of carbonyl (C=O) groups is 1. The zero-order valence-corrected chi connectivity index (χ0v) is 12.0. The van der Waals surface area contributed by atoms with Crippen molar-refractivity contribution >= 4 is 17.3 Å². The van der Waals surface area contributed by atoms with E-state index in [1.807, 2.05) is 24.1 Å². The van der Waals surface area contributed by atoms with Crippen LogP contribution in [0.1, 0.15) is 11.3 Å². The van der Waals surface area contributed by atoms with Crippen LogP contribution in [0.2, 0.25) is 0 Å². The topological polar surface area (TPSA) is 40.5 Å². The van der Waals surface area contributed by atoms with E-state index < -0.39 is 5.97 Å². The van der Waals surface area contributed by atoms with Gasteiger partial charge in [-0.05, 0) is 36.9 Å². The fraction of sp³-hybridized carbons (Fsp3) is 0.267. The van der Waals surface area contributed by atoms with E-state index in [9.17, 15) is 9.18 Å². The molecule has 0 aliphatic carbocycles. The Hall–Kier alpha value is -1.72. The molecule has 1 aromatic heterocycles. The quantitative estimate of drug-likeness (QED) is 0.886. The Labute approximate surface area is 121 Å². The molecule has 0 radical (unpaired) electrons. The Bertz CT molecular complexity index is 580. The van der Waals surface area contributed by atoms with Gasteiger partial charge in [-0.3, -0.25) is 4.79 Å². The molecule has 5 heteroatoms. The van der Waals surface area contributed by atoms with Crippen molar-refractivity contribution in [2.24, 2.45) is 0 Å². The molecule has 0 saturated carbocycles. The van der Waals surface area contributed by atoms with Crippen LogP contribution < -0.4 is 0 Å². The molecule has 0 fully saturated rings. The van der Waals surface area contributed by atoms with Crippen molar-refractivity contribution in [1.82, 2.24) is 4.90 Å². The summed E-state index contributed by atoms with van der Waals surface area (Å²) in [5, 5.41) is 8.65. The van der Waals surface area contributed by atoms with Crippen molar-refractivity contribution in [3.8, 4) is 10.4 Å². The first-order valence-electron chi connectivity index (χ1n) is 6.29. The zero-order valence-electron chi connectivity index (χ0n) is 11.2. The Morgan fingerprint density at radius 3 is 2.60 bits per heavy atom. The number of hydrogen-bond acceptors (Lipinski definition) is 3. The van der Waals surface area contributed by atoms with Gasteiger partial charge in [0.15, 0.2) is 0 Å². The summed E-state index contributed by atoms with van der Waals surface area (Å²) < 4.78 is 12.9. The van der Waals surface area contributed by atoms with Gasteiger partial charge in [-0.15, -0.1) is 11.3 Å². The van der Waals surface area contributed by atoms with Gasteiger partial charge in [0.05, 0.1) is 6.42 Å². The molecule has 3 nitrogen and oxygen atoms in total. The molecule has 0 spiro atoms. The number of thiophene rings is 1. The largest absolute Gasteiger partial charge is 0.481 e. The van der Waals surface area contributed by atoms with E-state index >= 15 is 0 Å². The maximum absolute atomic E-state index is 12.9. The van der Waals surface area contributed by atoms with Crippen molar-refractivity contribution in [2.45, 2.75) is 13.0 Å². The molecular formula is C15H16FNO2S. The molecule has 1 N–H and O–H groups in total. The average molecular weight is 293 g/mol. The van der Waals surface area contributed by atoms with Gasteiger partial charge in [0.1, 0.15) is 5.82 Å². The normalized spacial score (nSPS) is 10.9. The van der Waals surface area contributed by atoms with Crippen molar-refractivity contribution in [3.63, 3.8) is 0 Å². The van der Waals surface area contributed by atoms with E-state index in [4.69, 9.17) is 5.11 Å². The number of carboxylic acids is 1. The Kier molecular flexibility index (Phi) is 4.87. The molecule has 0 unspecified atom stereocenters. The van der Waals surface area contributed by atoms with Gasteiger partial charge in [0.25, 0.3) is 0 Å². The minimum atomic E-state index is -0.782. The smallest absolute Gasteiger partial charge is 0.304 e. The predicted molar refractivity (Wildman–Crippen MR) is 78.3 cm³/mol. The maximum Gasteiger partial charge on any atom is 0.304 e. The van der Waals surface area contributed by atoms with Gasteiger partial charge < -0.3 is 10.0 Å². The van der Waals surface area contributed by atoms with E-state index in [1.54, 1.807) is 23.5 Å². The summed E-state index contributed by atoms with van der Waals surface area (Å²) in [4.78, 5) is 14.8. The van der Waals surface area contributed by atoms with Crippen LogP contribution in [0.25, 0.3) is 10.4 Å². The molecule has 0 saturated heterocycles. The molecule has 2 aromatic rings. The Morgan fingerprint density at radius 2 is 1.95 bits per heavy atom. The summed E-state index contributed by atoms with van der Waals surface area (Å²) >= 11 is 1.64. The van der Waals surface area contributed by atoms with Gasteiger partial charge in [-0.1, -0.05) is 12.1 Å². The standard InChI is InChI=1S/C15H16FNO2S/c1-17(9-8-15(18)19)10-13-6-7-14(20-13)11-2-4-12(16)5-3-11/h2-7H,8-10H2,1H3,(H,18,19). The Morgan fingerprint density at radius 1 is 1.25 bits per heavy atom. The molecule has 0 aliphatic rings. The first-order chi connectivity index (χ1) is 9.54. The van der Waals surface area contributed by atoms with E-state index in [1.165, 1.54) is 12.1 Å². The highest BCUT2D eigenvalue weighted by atomic mass is 32.1. The third-order valence-corrected chi connectivity index (χ3v) is 4.04. The van der Waals surface area contributed by atoms with Crippen molar-refractivity contribution in [3.05, 3.63) is 47.1 Å². The number of benzene rings is 1. The summed E-state index contributed by atoms with van der Waals surface area (Å²) in [6.45, 7) is 1.25. The lowest BCUT2D eigenvalue weighted by molar-refractivity contribution is -0.137. The highest BCUT2D eigenvalue weighted by Crippen LogP contribution is 2.28. The van der Waals surface area contributed by atoms with E-state index in [0.717, 1.165) is 21.9 Å². The van der Waals surface area contributed by atoms with Gasteiger partial charge in [0.2, 0.25) is 0 Å². The fourth-order valence-electron chi connectivity index (χ4n) is 1.86.